The van der Waals surface area contributed by atoms with Crippen LogP contribution in [0.2, 0.25) is 0 Å². The van der Waals surface area contributed by atoms with Gasteiger partial charge in [-0.05, 0) is 24.3 Å². The third kappa shape index (κ3) is 2.68. The highest BCUT2D eigenvalue weighted by molar-refractivity contribution is 5.83. The molecule has 1 aromatic heterocycles. The molecule has 0 aliphatic rings. The molecular weight excluding hydrogens is 291 g/mol. The summed E-state index contributed by atoms with van der Waals surface area (Å²) in [5, 5.41) is -0.487. The number of benzene rings is 1. The first-order valence-corrected chi connectivity index (χ1v) is 5.28. The molecule has 0 spiro atoms. The van der Waals surface area contributed by atoms with Crippen molar-refractivity contribution in [3.63, 3.8) is 0 Å². The Kier molecular flexibility index (Phi) is 3.58. The Balaban J connectivity index is 2.74. The normalized spacial score (nSPS) is 12.7. The average molecular weight is 297 g/mol. The van der Waals surface area contributed by atoms with Crippen LogP contribution in [-0.4, -0.2) is 4.98 Å². The van der Waals surface area contributed by atoms with Gasteiger partial charge in [0.2, 0.25) is 0 Å². The lowest BCUT2D eigenvalue weighted by molar-refractivity contribution is -0.137. The van der Waals surface area contributed by atoms with Crippen molar-refractivity contribution in [2.45, 2.75) is 19.0 Å². The molecule has 0 aliphatic carbocycles. The Morgan fingerprint density at radius 1 is 0.900 bits per heavy atom. The van der Waals surface area contributed by atoms with Crippen LogP contribution in [0.4, 0.5) is 30.7 Å². The van der Waals surface area contributed by atoms with Gasteiger partial charge in [0.1, 0.15) is 5.69 Å². The van der Waals surface area contributed by atoms with E-state index in [0.29, 0.717) is 18.2 Å². The molecule has 2 rings (SSSR count). The molecule has 0 bridgehead atoms. The van der Waals surface area contributed by atoms with Crippen LogP contribution in [0.1, 0.15) is 29.7 Å². The van der Waals surface area contributed by atoms with Crippen LogP contribution in [0.3, 0.4) is 0 Å². The molecule has 0 saturated heterocycles. The third-order valence-corrected chi connectivity index (χ3v) is 2.65. The molecule has 0 unspecified atom stereocenters. The zero-order chi connectivity index (χ0) is 15.1. The summed E-state index contributed by atoms with van der Waals surface area (Å²) in [5.41, 5.74) is -3.26. The Morgan fingerprint density at radius 2 is 1.55 bits per heavy atom. The molecule has 108 valence electrons. The van der Waals surface area contributed by atoms with Crippen molar-refractivity contribution in [3.05, 3.63) is 41.1 Å². The van der Waals surface area contributed by atoms with Gasteiger partial charge in [0, 0.05) is 10.9 Å². The quantitative estimate of drug-likeness (QED) is 0.700. The zero-order valence-corrected chi connectivity index (χ0v) is 9.56. The highest BCUT2D eigenvalue weighted by Gasteiger charge is 2.31. The van der Waals surface area contributed by atoms with E-state index < -0.39 is 41.2 Å². The molecular formula is C12H6F7N. The SMILES string of the molecule is FC(F)c1cc(C(F)F)c2cc(C(F)(F)F)ccc2n1. The minimum absolute atomic E-state index is 0.328. The van der Waals surface area contributed by atoms with Crippen molar-refractivity contribution in [1.29, 1.82) is 0 Å². The highest BCUT2D eigenvalue weighted by Crippen LogP contribution is 2.35. The molecule has 2 aromatic rings. The molecule has 1 aromatic carbocycles. The summed E-state index contributed by atoms with van der Waals surface area (Å²) in [6.07, 6.45) is -11.0. The van der Waals surface area contributed by atoms with Gasteiger partial charge in [-0.25, -0.2) is 22.5 Å². The Morgan fingerprint density at radius 3 is 2.05 bits per heavy atom. The summed E-state index contributed by atoms with van der Waals surface area (Å²) in [7, 11) is 0. The van der Waals surface area contributed by atoms with Crippen molar-refractivity contribution in [2.24, 2.45) is 0 Å². The highest BCUT2D eigenvalue weighted by atomic mass is 19.4. The first-order valence-electron chi connectivity index (χ1n) is 5.28. The Bertz CT molecular complexity index is 633. The number of fused-ring (bicyclic) bond motifs is 1. The fourth-order valence-electron chi connectivity index (χ4n) is 1.74. The summed E-state index contributed by atoms with van der Waals surface area (Å²) in [5.74, 6) is 0. The molecule has 0 N–H and O–H groups in total. The van der Waals surface area contributed by atoms with Crippen molar-refractivity contribution in [3.8, 4) is 0 Å². The van der Waals surface area contributed by atoms with Crippen LogP contribution >= 0.6 is 0 Å². The maximum Gasteiger partial charge on any atom is 0.416 e. The van der Waals surface area contributed by atoms with Crippen LogP contribution in [0.25, 0.3) is 10.9 Å². The maximum atomic E-state index is 12.8. The molecule has 0 atom stereocenters. The largest absolute Gasteiger partial charge is 0.416 e. The fourth-order valence-corrected chi connectivity index (χ4v) is 1.74. The van der Waals surface area contributed by atoms with Crippen LogP contribution in [0.5, 0.6) is 0 Å². The lowest BCUT2D eigenvalue weighted by Gasteiger charge is -2.12. The van der Waals surface area contributed by atoms with E-state index in [1.54, 1.807) is 0 Å². The molecule has 0 aliphatic heterocycles. The van der Waals surface area contributed by atoms with Crippen LogP contribution in [0, 0.1) is 0 Å². The van der Waals surface area contributed by atoms with Gasteiger partial charge in [-0.3, -0.25) is 0 Å². The van der Waals surface area contributed by atoms with Crippen molar-refractivity contribution < 1.29 is 30.7 Å². The summed E-state index contributed by atoms with van der Waals surface area (Å²) in [4.78, 5) is 3.39. The van der Waals surface area contributed by atoms with E-state index in [1.807, 2.05) is 0 Å². The fraction of sp³-hybridized carbons (Fsp3) is 0.250. The third-order valence-electron chi connectivity index (χ3n) is 2.65. The van der Waals surface area contributed by atoms with Gasteiger partial charge in [-0.2, -0.15) is 13.2 Å². The van der Waals surface area contributed by atoms with Gasteiger partial charge < -0.3 is 0 Å². The number of aromatic nitrogens is 1. The van der Waals surface area contributed by atoms with Crippen LogP contribution < -0.4 is 0 Å². The number of pyridine rings is 1. The van der Waals surface area contributed by atoms with Gasteiger partial charge >= 0.3 is 6.18 Å². The standard InChI is InChI=1S/C12H6F7N/c13-10(14)7-4-9(11(15)16)20-8-2-1-5(3-6(7)8)12(17,18)19/h1-4,10-11H. The number of hydrogen-bond donors (Lipinski definition) is 0. The molecule has 1 nitrogen and oxygen atoms in total. The number of hydrogen-bond acceptors (Lipinski definition) is 1. The van der Waals surface area contributed by atoms with E-state index in [4.69, 9.17) is 0 Å². The van der Waals surface area contributed by atoms with Crippen LogP contribution in [0.15, 0.2) is 24.3 Å². The van der Waals surface area contributed by atoms with Crippen molar-refractivity contribution >= 4 is 10.9 Å². The minimum Gasteiger partial charge on any atom is -0.247 e. The van der Waals surface area contributed by atoms with Crippen molar-refractivity contribution in [2.75, 3.05) is 0 Å². The van der Waals surface area contributed by atoms with Gasteiger partial charge in [0.05, 0.1) is 11.1 Å². The van der Waals surface area contributed by atoms with Gasteiger partial charge in [-0.15, -0.1) is 0 Å². The second kappa shape index (κ2) is 4.92. The van der Waals surface area contributed by atoms with E-state index in [-0.39, 0.29) is 5.52 Å². The summed E-state index contributed by atoms with van der Waals surface area (Å²) in [6.45, 7) is 0. The Labute approximate surface area is 108 Å². The van der Waals surface area contributed by atoms with E-state index >= 15 is 0 Å². The Hall–Kier alpha value is -1.86. The second-order valence-electron chi connectivity index (χ2n) is 3.97. The molecule has 0 amide bonds. The minimum atomic E-state index is -4.71. The monoisotopic (exact) mass is 297 g/mol. The summed E-state index contributed by atoms with van der Waals surface area (Å²) < 4.78 is 88.3. The molecule has 1 heterocycles. The van der Waals surface area contributed by atoms with Gasteiger partial charge in [-0.1, -0.05) is 0 Å². The number of halogens is 7. The van der Waals surface area contributed by atoms with E-state index in [1.165, 1.54) is 0 Å². The molecule has 0 radical (unpaired) electrons. The van der Waals surface area contributed by atoms with Crippen molar-refractivity contribution in [1.82, 2.24) is 4.98 Å². The smallest absolute Gasteiger partial charge is 0.247 e. The lowest BCUT2D eigenvalue weighted by atomic mass is 10.0. The molecule has 0 fully saturated rings. The average Bonchev–Trinajstić information content (AvgIpc) is 2.35. The zero-order valence-electron chi connectivity index (χ0n) is 9.56. The first kappa shape index (κ1) is 14.5. The number of nitrogens with zero attached hydrogens (tertiary/aromatic N) is 1. The van der Waals surface area contributed by atoms with Gasteiger partial charge in [0.25, 0.3) is 12.9 Å². The topological polar surface area (TPSA) is 12.9 Å². The molecule has 8 heteroatoms. The van der Waals surface area contributed by atoms with E-state index in [9.17, 15) is 30.7 Å². The summed E-state index contributed by atoms with van der Waals surface area (Å²) in [6, 6.07) is 2.33. The lowest BCUT2D eigenvalue weighted by Crippen LogP contribution is -2.05. The summed E-state index contributed by atoms with van der Waals surface area (Å²) >= 11 is 0. The van der Waals surface area contributed by atoms with Crippen LogP contribution in [-0.2, 0) is 6.18 Å². The molecule has 20 heavy (non-hydrogen) atoms. The predicted octanol–water partition coefficient (Wildman–Crippen LogP) is 5.13. The first-order chi connectivity index (χ1) is 9.20. The molecule has 0 saturated carbocycles. The van der Waals surface area contributed by atoms with E-state index in [0.717, 1.165) is 6.07 Å². The number of alkyl halides is 7. The number of rotatable bonds is 2. The van der Waals surface area contributed by atoms with E-state index in [2.05, 4.69) is 4.98 Å². The second-order valence-corrected chi connectivity index (χ2v) is 3.97. The maximum absolute atomic E-state index is 12.8. The van der Waals surface area contributed by atoms with Gasteiger partial charge in [0.15, 0.2) is 0 Å². The predicted molar refractivity (Wildman–Crippen MR) is 56.7 cm³/mol.